The average molecular weight is 265 g/mol. The van der Waals surface area contributed by atoms with Crippen LogP contribution >= 0.6 is 11.8 Å². The lowest BCUT2D eigenvalue weighted by Gasteiger charge is -2.07. The van der Waals surface area contributed by atoms with Gasteiger partial charge in [0.15, 0.2) is 0 Å². The van der Waals surface area contributed by atoms with E-state index in [1.807, 2.05) is 24.0 Å². The predicted molar refractivity (Wildman–Crippen MR) is 81.3 cm³/mol. The topological polar surface area (TPSA) is 22.1 Å². The molecule has 2 nitrogen and oxygen atoms in total. The molecule has 18 heavy (non-hydrogen) atoms. The van der Waals surface area contributed by atoms with Crippen molar-refractivity contribution in [1.82, 2.24) is 4.98 Å². The smallest absolute Gasteiger partial charge is 0.0641 e. The normalized spacial score (nSPS) is 9.28. The lowest BCUT2D eigenvalue weighted by atomic mass is 10.2. The van der Waals surface area contributed by atoms with Crippen LogP contribution in [0.25, 0.3) is 0 Å². The number of ether oxygens (including phenoxy) is 1. The first kappa shape index (κ1) is 16.9. The number of aromatic nitrogens is 1. The van der Waals surface area contributed by atoms with Crippen LogP contribution in [0.5, 0.6) is 0 Å². The van der Waals surface area contributed by atoms with Crippen LogP contribution in [0.3, 0.4) is 0 Å². The highest BCUT2D eigenvalue weighted by Gasteiger charge is 2.04. The van der Waals surface area contributed by atoms with E-state index in [9.17, 15) is 0 Å². The number of aryl methyl sites for hydroxylation is 2. The minimum Gasteiger partial charge on any atom is -0.381 e. The van der Waals surface area contributed by atoms with E-state index in [1.54, 1.807) is 13.2 Å². The zero-order valence-corrected chi connectivity index (χ0v) is 12.4. The Hall–Kier alpha value is -1.06. The van der Waals surface area contributed by atoms with E-state index in [4.69, 9.17) is 0 Å². The third-order valence-corrected chi connectivity index (χ3v) is 3.39. The summed E-state index contributed by atoms with van der Waals surface area (Å²) in [5, 5.41) is 0. The molecule has 0 N–H and O–H groups in total. The molecule has 100 valence electrons. The van der Waals surface area contributed by atoms with E-state index >= 15 is 0 Å². The van der Waals surface area contributed by atoms with Crippen LogP contribution in [0.15, 0.2) is 42.5 Å². The van der Waals surface area contributed by atoms with Crippen LogP contribution in [0, 0.1) is 6.92 Å². The maximum Gasteiger partial charge on any atom is 0.0641 e. The molecule has 0 saturated carbocycles. The number of thioether (sulfide) groups is 1. The number of hydrogen-bond donors (Lipinski definition) is 0. The van der Waals surface area contributed by atoms with Crippen molar-refractivity contribution in [3.8, 4) is 0 Å². The Balaban J connectivity index is 0.000000494. The molecule has 0 bridgehead atoms. The molecule has 0 fully saturated rings. The molecule has 1 aromatic heterocycles. The monoisotopic (exact) mass is 265 g/mol. The summed E-state index contributed by atoms with van der Waals surface area (Å²) in [6, 6.07) is 2.06. The van der Waals surface area contributed by atoms with Crippen LogP contribution in [-0.2, 0) is 11.2 Å². The molecule has 0 aromatic carbocycles. The molecule has 0 spiro atoms. The zero-order valence-electron chi connectivity index (χ0n) is 11.6. The predicted octanol–water partition coefficient (Wildman–Crippen LogP) is 4.05. The van der Waals surface area contributed by atoms with E-state index in [0.717, 1.165) is 12.2 Å². The van der Waals surface area contributed by atoms with Gasteiger partial charge in [-0.15, -0.1) is 24.9 Å². The molecular weight excluding hydrogens is 242 g/mol. The molecule has 0 saturated heterocycles. The maximum atomic E-state index is 4.57. The average Bonchev–Trinajstić information content (AvgIpc) is 2.39. The van der Waals surface area contributed by atoms with E-state index in [1.165, 1.54) is 16.2 Å². The van der Waals surface area contributed by atoms with Crippen molar-refractivity contribution in [2.75, 3.05) is 19.5 Å². The Morgan fingerprint density at radius 2 is 2.11 bits per heavy atom. The summed E-state index contributed by atoms with van der Waals surface area (Å²) in [6.07, 6.45) is 6.52. The van der Waals surface area contributed by atoms with Gasteiger partial charge in [0.1, 0.15) is 0 Å². The third kappa shape index (κ3) is 6.62. The maximum absolute atomic E-state index is 4.57. The van der Waals surface area contributed by atoms with Crippen LogP contribution in [0.4, 0.5) is 0 Å². The summed E-state index contributed by atoms with van der Waals surface area (Å²) in [5.41, 5.74) is 2.52. The molecule has 3 heteroatoms. The zero-order chi connectivity index (χ0) is 13.8. The lowest BCUT2D eigenvalue weighted by molar-refractivity contribution is 0.234. The fourth-order valence-corrected chi connectivity index (χ4v) is 2.25. The highest BCUT2D eigenvalue weighted by atomic mass is 32.2. The molecule has 0 radical (unpaired) electrons. The summed E-state index contributed by atoms with van der Waals surface area (Å²) in [6.45, 7) is 12.1. The summed E-state index contributed by atoms with van der Waals surface area (Å²) in [7, 11) is 1.64. The summed E-state index contributed by atoms with van der Waals surface area (Å²) < 4.78 is 4.57. The van der Waals surface area contributed by atoms with Crippen LogP contribution < -0.4 is 0 Å². The molecular formula is C15H23NOS. The molecule has 1 rings (SSSR count). The summed E-state index contributed by atoms with van der Waals surface area (Å²) in [4.78, 5) is 5.68. The van der Waals surface area contributed by atoms with Crippen LogP contribution in [0.1, 0.15) is 18.2 Å². The number of nitrogens with zero attached hydrogens (tertiary/aromatic N) is 1. The second-order valence-electron chi connectivity index (χ2n) is 3.60. The van der Waals surface area contributed by atoms with E-state index < -0.39 is 0 Å². The highest BCUT2D eigenvalue weighted by Crippen LogP contribution is 2.25. The summed E-state index contributed by atoms with van der Waals surface area (Å²) >= 11 is 1.82. The van der Waals surface area contributed by atoms with Crippen LogP contribution in [-0.4, -0.2) is 24.5 Å². The number of rotatable bonds is 6. The molecule has 0 atom stereocenters. The lowest BCUT2D eigenvalue weighted by Crippen LogP contribution is -1.93. The Bertz CT molecular complexity index is 364. The molecule has 0 aliphatic rings. The van der Waals surface area contributed by atoms with Gasteiger partial charge in [-0.25, -0.2) is 0 Å². The van der Waals surface area contributed by atoms with Gasteiger partial charge in [0, 0.05) is 24.0 Å². The van der Waals surface area contributed by atoms with Crippen molar-refractivity contribution >= 4 is 11.8 Å². The van der Waals surface area contributed by atoms with Crippen molar-refractivity contribution in [1.29, 1.82) is 0 Å². The highest BCUT2D eigenvalue weighted by molar-refractivity contribution is 7.99. The quantitative estimate of drug-likeness (QED) is 0.572. The number of methoxy groups -OCH3 is 1. The minimum atomic E-state index is 0.653. The second-order valence-corrected chi connectivity index (χ2v) is 4.63. The molecule has 0 amide bonds. The first-order chi connectivity index (χ1) is 8.71. The minimum absolute atomic E-state index is 0.653. The van der Waals surface area contributed by atoms with Gasteiger partial charge in [0.25, 0.3) is 0 Å². The largest absolute Gasteiger partial charge is 0.381 e. The van der Waals surface area contributed by atoms with E-state index in [-0.39, 0.29) is 0 Å². The first-order valence-corrected chi connectivity index (χ1v) is 6.97. The van der Waals surface area contributed by atoms with Crippen molar-refractivity contribution in [3.63, 3.8) is 0 Å². The third-order valence-electron chi connectivity index (χ3n) is 2.14. The summed E-state index contributed by atoms with van der Waals surface area (Å²) in [5.74, 6) is 0.958. The van der Waals surface area contributed by atoms with Crippen molar-refractivity contribution < 1.29 is 4.74 Å². The van der Waals surface area contributed by atoms with Gasteiger partial charge in [0.2, 0.25) is 0 Å². The Kier molecular flexibility index (Phi) is 10.4. The van der Waals surface area contributed by atoms with Gasteiger partial charge >= 0.3 is 0 Å². The van der Waals surface area contributed by atoms with Gasteiger partial charge in [-0.3, -0.25) is 4.98 Å². The van der Waals surface area contributed by atoms with Gasteiger partial charge in [-0.1, -0.05) is 19.1 Å². The van der Waals surface area contributed by atoms with E-state index in [0.29, 0.717) is 6.61 Å². The molecule has 1 heterocycles. The van der Waals surface area contributed by atoms with Crippen molar-refractivity contribution in [2.45, 2.75) is 25.2 Å². The number of hydrogen-bond acceptors (Lipinski definition) is 3. The van der Waals surface area contributed by atoms with Crippen LogP contribution in [0.2, 0.25) is 0 Å². The van der Waals surface area contributed by atoms with Gasteiger partial charge in [0.05, 0.1) is 12.3 Å². The Morgan fingerprint density at radius 1 is 1.39 bits per heavy atom. The van der Waals surface area contributed by atoms with Crippen molar-refractivity contribution in [3.05, 3.63) is 48.8 Å². The molecule has 0 aliphatic heterocycles. The van der Waals surface area contributed by atoms with E-state index in [2.05, 4.69) is 42.8 Å². The molecule has 1 aromatic rings. The SMILES string of the molecule is C=CCOC.C=CCSc1c(C)ccnc1CC. The van der Waals surface area contributed by atoms with Gasteiger partial charge < -0.3 is 4.74 Å². The standard InChI is InChI=1S/C11H15NS.C4H8O/c1-4-8-13-11-9(3)6-7-12-10(11)5-2;1-3-4-5-2/h4,6-7H,1,5,8H2,2-3H3;3H,1,4H2,2H3. The van der Waals surface area contributed by atoms with Gasteiger partial charge in [-0.2, -0.15) is 0 Å². The fourth-order valence-electron chi connectivity index (χ4n) is 1.31. The number of pyridine rings is 1. The molecule has 0 unspecified atom stereocenters. The Morgan fingerprint density at radius 3 is 2.56 bits per heavy atom. The second kappa shape index (κ2) is 11.1. The first-order valence-electron chi connectivity index (χ1n) is 5.99. The molecule has 0 aliphatic carbocycles. The van der Waals surface area contributed by atoms with Crippen molar-refractivity contribution in [2.24, 2.45) is 0 Å². The fraction of sp³-hybridized carbons (Fsp3) is 0.400. The van der Waals surface area contributed by atoms with Gasteiger partial charge in [-0.05, 0) is 25.0 Å². The Labute approximate surface area is 115 Å².